The molecular formula is C13H9N3O4S2. The summed E-state index contributed by atoms with van der Waals surface area (Å²) in [5, 5.41) is 20.9. The molecule has 0 aliphatic heterocycles. The summed E-state index contributed by atoms with van der Waals surface area (Å²) in [6, 6.07) is 7.07. The number of aromatic hydroxyl groups is 1. The fourth-order valence-electron chi connectivity index (χ4n) is 1.90. The molecule has 3 aromatic rings. The Balaban J connectivity index is 2.21. The van der Waals surface area contributed by atoms with Crippen LogP contribution < -0.4 is 0 Å². The summed E-state index contributed by atoms with van der Waals surface area (Å²) in [6.07, 6.45) is 1.57. The predicted molar refractivity (Wildman–Crippen MR) is 81.7 cm³/mol. The van der Waals surface area contributed by atoms with Gasteiger partial charge < -0.3 is 5.11 Å². The molecule has 0 bridgehead atoms. The van der Waals surface area contributed by atoms with Gasteiger partial charge in [-0.2, -0.15) is 8.42 Å². The second-order valence-corrected chi connectivity index (χ2v) is 6.60. The fraction of sp³-hybridized carbons (Fsp3) is 0. The van der Waals surface area contributed by atoms with Crippen molar-refractivity contribution in [1.82, 2.24) is 4.98 Å². The number of azo groups is 1. The Labute approximate surface area is 129 Å². The van der Waals surface area contributed by atoms with Crippen molar-refractivity contribution in [3.05, 3.63) is 41.9 Å². The first-order valence-electron chi connectivity index (χ1n) is 5.99. The van der Waals surface area contributed by atoms with Crippen LogP contribution in [0.4, 0.5) is 10.8 Å². The van der Waals surface area contributed by atoms with E-state index in [-0.39, 0.29) is 16.3 Å². The summed E-state index contributed by atoms with van der Waals surface area (Å²) in [5.74, 6) is -0.153. The molecule has 0 aliphatic carbocycles. The first-order valence-corrected chi connectivity index (χ1v) is 8.31. The minimum atomic E-state index is -4.35. The first kappa shape index (κ1) is 14.6. The maximum atomic E-state index is 11.2. The average Bonchev–Trinajstić information content (AvgIpc) is 2.98. The van der Waals surface area contributed by atoms with E-state index in [0.717, 1.165) is 0 Å². The van der Waals surface area contributed by atoms with Gasteiger partial charge in [-0.25, -0.2) is 4.98 Å². The van der Waals surface area contributed by atoms with Gasteiger partial charge in [-0.05, 0) is 23.6 Å². The molecule has 1 aromatic heterocycles. The van der Waals surface area contributed by atoms with E-state index in [4.69, 9.17) is 4.55 Å². The van der Waals surface area contributed by atoms with Crippen LogP contribution in [0.15, 0.2) is 57.0 Å². The van der Waals surface area contributed by atoms with Gasteiger partial charge in [0.1, 0.15) is 11.4 Å². The van der Waals surface area contributed by atoms with E-state index in [9.17, 15) is 13.5 Å². The Morgan fingerprint density at radius 3 is 2.59 bits per heavy atom. The zero-order valence-corrected chi connectivity index (χ0v) is 12.5. The van der Waals surface area contributed by atoms with Crippen LogP contribution in [0, 0.1) is 0 Å². The zero-order valence-electron chi connectivity index (χ0n) is 10.9. The smallest absolute Gasteiger partial charge is 0.294 e. The van der Waals surface area contributed by atoms with Gasteiger partial charge >= 0.3 is 0 Å². The number of hydrogen-bond acceptors (Lipinski definition) is 7. The largest absolute Gasteiger partial charge is 0.506 e. The summed E-state index contributed by atoms with van der Waals surface area (Å²) >= 11 is 1.27. The van der Waals surface area contributed by atoms with Crippen molar-refractivity contribution in [3.8, 4) is 5.75 Å². The van der Waals surface area contributed by atoms with Gasteiger partial charge in [-0.1, -0.05) is 12.1 Å². The molecule has 0 amide bonds. The predicted octanol–water partition coefficient (Wildman–Crippen LogP) is 3.66. The molecule has 1 heterocycles. The summed E-state index contributed by atoms with van der Waals surface area (Å²) in [4.78, 5) is 3.66. The SMILES string of the molecule is O=S(=O)(O)c1ccc2ccc(O)c(N=Nc3nccs3)c2c1. The number of rotatable bonds is 3. The van der Waals surface area contributed by atoms with Crippen molar-refractivity contribution < 1.29 is 18.1 Å². The van der Waals surface area contributed by atoms with Crippen molar-refractivity contribution in [2.75, 3.05) is 0 Å². The Hall–Kier alpha value is -2.36. The van der Waals surface area contributed by atoms with Gasteiger partial charge in [0.15, 0.2) is 0 Å². The van der Waals surface area contributed by atoms with Gasteiger partial charge in [-0.3, -0.25) is 4.55 Å². The quantitative estimate of drug-likeness (QED) is 0.560. The topological polar surface area (TPSA) is 112 Å². The summed E-state index contributed by atoms with van der Waals surface area (Å²) in [5.41, 5.74) is 0.109. The maximum absolute atomic E-state index is 11.2. The Kier molecular flexibility index (Phi) is 3.61. The number of thiazole rings is 1. The molecular weight excluding hydrogens is 326 g/mol. The second kappa shape index (κ2) is 5.44. The van der Waals surface area contributed by atoms with Crippen LogP contribution in [0.25, 0.3) is 10.8 Å². The van der Waals surface area contributed by atoms with Crippen LogP contribution >= 0.6 is 11.3 Å². The van der Waals surface area contributed by atoms with E-state index >= 15 is 0 Å². The van der Waals surface area contributed by atoms with Crippen molar-refractivity contribution in [2.24, 2.45) is 10.2 Å². The molecule has 22 heavy (non-hydrogen) atoms. The molecule has 0 saturated carbocycles. The fourth-order valence-corrected chi connectivity index (χ4v) is 2.85. The third-order valence-electron chi connectivity index (χ3n) is 2.90. The molecule has 9 heteroatoms. The van der Waals surface area contributed by atoms with Gasteiger partial charge in [0.05, 0.1) is 4.90 Å². The van der Waals surface area contributed by atoms with Gasteiger partial charge in [0.25, 0.3) is 10.1 Å². The van der Waals surface area contributed by atoms with Crippen LogP contribution in [0.3, 0.4) is 0 Å². The van der Waals surface area contributed by atoms with Crippen LogP contribution in [-0.2, 0) is 10.1 Å². The molecule has 0 spiro atoms. The highest BCUT2D eigenvalue weighted by Gasteiger charge is 2.13. The molecule has 2 aromatic carbocycles. The lowest BCUT2D eigenvalue weighted by Gasteiger charge is -2.05. The van der Waals surface area contributed by atoms with Gasteiger partial charge in [-0.15, -0.1) is 21.6 Å². The molecule has 3 rings (SSSR count). The van der Waals surface area contributed by atoms with E-state index in [1.54, 1.807) is 17.6 Å². The van der Waals surface area contributed by atoms with Crippen LogP contribution in [0.2, 0.25) is 0 Å². The summed E-state index contributed by atoms with van der Waals surface area (Å²) in [6.45, 7) is 0. The lowest BCUT2D eigenvalue weighted by Crippen LogP contribution is -1.97. The third kappa shape index (κ3) is 2.82. The van der Waals surface area contributed by atoms with Crippen molar-refractivity contribution >= 4 is 43.0 Å². The number of aromatic nitrogens is 1. The highest BCUT2D eigenvalue weighted by molar-refractivity contribution is 7.85. The molecule has 0 atom stereocenters. The minimum Gasteiger partial charge on any atom is -0.506 e. The number of benzene rings is 2. The van der Waals surface area contributed by atoms with Gasteiger partial charge in [0, 0.05) is 17.0 Å². The lowest BCUT2D eigenvalue weighted by molar-refractivity contribution is 0.476. The number of fused-ring (bicyclic) bond motifs is 1. The molecule has 7 nitrogen and oxygen atoms in total. The lowest BCUT2D eigenvalue weighted by atomic mass is 10.1. The maximum Gasteiger partial charge on any atom is 0.294 e. The summed E-state index contributed by atoms with van der Waals surface area (Å²) < 4.78 is 31.6. The zero-order chi connectivity index (χ0) is 15.7. The van der Waals surface area contributed by atoms with Crippen LogP contribution in [0.1, 0.15) is 0 Å². The van der Waals surface area contributed by atoms with Crippen LogP contribution in [-0.4, -0.2) is 23.1 Å². The van der Waals surface area contributed by atoms with E-state index in [0.29, 0.717) is 15.9 Å². The Morgan fingerprint density at radius 2 is 1.91 bits per heavy atom. The van der Waals surface area contributed by atoms with Crippen molar-refractivity contribution in [1.29, 1.82) is 0 Å². The van der Waals surface area contributed by atoms with Crippen LogP contribution in [0.5, 0.6) is 5.75 Å². The number of phenolic OH excluding ortho intramolecular Hbond substituents is 1. The highest BCUT2D eigenvalue weighted by atomic mass is 32.2. The molecule has 112 valence electrons. The molecule has 0 aliphatic rings. The molecule has 0 unspecified atom stereocenters. The number of hydrogen-bond donors (Lipinski definition) is 2. The van der Waals surface area contributed by atoms with E-state index < -0.39 is 10.1 Å². The molecule has 2 N–H and O–H groups in total. The highest BCUT2D eigenvalue weighted by Crippen LogP contribution is 2.37. The van der Waals surface area contributed by atoms with Crippen molar-refractivity contribution in [2.45, 2.75) is 4.90 Å². The third-order valence-corrected chi connectivity index (χ3v) is 4.40. The second-order valence-electron chi connectivity index (χ2n) is 4.31. The monoisotopic (exact) mass is 335 g/mol. The van der Waals surface area contributed by atoms with E-state index in [1.165, 1.54) is 35.6 Å². The summed E-state index contributed by atoms with van der Waals surface area (Å²) in [7, 11) is -4.35. The van der Waals surface area contributed by atoms with Gasteiger partial charge in [0.2, 0.25) is 5.13 Å². The van der Waals surface area contributed by atoms with Crippen molar-refractivity contribution in [3.63, 3.8) is 0 Å². The Morgan fingerprint density at radius 1 is 1.14 bits per heavy atom. The molecule has 0 radical (unpaired) electrons. The standard InChI is InChI=1S/C13H9N3O4S2/c17-11-4-2-8-1-3-9(22(18,19)20)7-10(8)12(11)15-16-13-14-5-6-21-13/h1-7,17H,(H,18,19,20). The number of phenols is 1. The first-order chi connectivity index (χ1) is 10.4. The normalized spacial score (nSPS) is 12.2. The molecule has 0 saturated heterocycles. The molecule has 0 fully saturated rings. The van der Waals surface area contributed by atoms with E-state index in [2.05, 4.69) is 15.2 Å². The minimum absolute atomic E-state index is 0.109. The average molecular weight is 335 g/mol. The van der Waals surface area contributed by atoms with E-state index in [1.807, 2.05) is 0 Å². The number of nitrogens with zero attached hydrogens (tertiary/aromatic N) is 3. The Bertz CT molecular complexity index is 966.